The lowest BCUT2D eigenvalue weighted by Crippen LogP contribution is -2.62. The number of hydrogen-bond donors (Lipinski definition) is 2. The number of nitrogens with zero attached hydrogens (tertiary/aromatic N) is 5. The summed E-state index contributed by atoms with van der Waals surface area (Å²) in [5, 5.41) is 7.49. The molecule has 2 N–H and O–H groups in total. The van der Waals surface area contributed by atoms with Crippen LogP contribution in [0, 0.1) is 5.41 Å². The van der Waals surface area contributed by atoms with Crippen molar-refractivity contribution in [2.24, 2.45) is 5.41 Å². The van der Waals surface area contributed by atoms with Gasteiger partial charge in [0.2, 0.25) is 5.95 Å². The van der Waals surface area contributed by atoms with Gasteiger partial charge in [0.25, 0.3) is 0 Å². The zero-order chi connectivity index (χ0) is 30.2. The maximum absolute atomic E-state index is 5.05. The van der Waals surface area contributed by atoms with Crippen molar-refractivity contribution in [3.8, 4) is 0 Å². The quantitative estimate of drug-likeness (QED) is 0.309. The van der Waals surface area contributed by atoms with Crippen molar-refractivity contribution in [2.75, 3.05) is 42.3 Å². The Morgan fingerprint density at radius 3 is 2.45 bits per heavy atom. The van der Waals surface area contributed by atoms with Gasteiger partial charge in [-0.3, -0.25) is 0 Å². The van der Waals surface area contributed by atoms with E-state index in [4.69, 9.17) is 9.97 Å². The molecule has 0 bridgehead atoms. The van der Waals surface area contributed by atoms with Crippen molar-refractivity contribution in [1.82, 2.24) is 20.2 Å². The molecule has 0 radical (unpaired) electrons. The fraction of sp³-hybridized carbons (Fsp3) is 0.600. The van der Waals surface area contributed by atoms with Crippen LogP contribution in [0.2, 0.25) is 0 Å². The minimum Gasteiger partial charge on any atom is -0.380 e. The smallest absolute Gasteiger partial charge is 0.229 e. The Kier molecular flexibility index (Phi) is 8.62. The van der Waals surface area contributed by atoms with Gasteiger partial charge in [0.1, 0.15) is 5.69 Å². The molecular weight excluding hydrogens is 518 g/mol. The molecule has 228 valence electrons. The van der Waals surface area contributed by atoms with Gasteiger partial charge in [-0.2, -0.15) is 4.98 Å². The number of nitrogens with one attached hydrogen (secondary N) is 2. The molecule has 1 saturated carbocycles. The molecule has 1 spiro atoms. The Balaban J connectivity index is 1.33. The number of anilines is 4. The summed E-state index contributed by atoms with van der Waals surface area (Å²) >= 11 is 0. The second-order valence-corrected chi connectivity index (χ2v) is 13.5. The van der Waals surface area contributed by atoms with Crippen LogP contribution in [0.15, 0.2) is 43.3 Å². The number of fused-ring (bicyclic) bond motifs is 1. The number of likely N-dealkylation sites (tertiary alicyclic amines) is 1. The van der Waals surface area contributed by atoms with Gasteiger partial charge in [-0.05, 0) is 108 Å². The average molecular weight is 572 g/mol. The summed E-state index contributed by atoms with van der Waals surface area (Å²) in [6.07, 6.45) is 11.4. The van der Waals surface area contributed by atoms with Crippen LogP contribution in [0.1, 0.15) is 90.7 Å². The highest BCUT2D eigenvalue weighted by atomic mass is 15.4. The van der Waals surface area contributed by atoms with Crippen LogP contribution in [0.4, 0.5) is 23.1 Å². The second kappa shape index (κ2) is 11.9. The molecule has 1 unspecified atom stereocenters. The molecule has 3 heterocycles. The fourth-order valence-corrected chi connectivity index (χ4v) is 7.92. The van der Waals surface area contributed by atoms with E-state index in [0.717, 1.165) is 41.4 Å². The van der Waals surface area contributed by atoms with Crippen molar-refractivity contribution in [3.63, 3.8) is 0 Å². The Hall–Kier alpha value is -3.06. The van der Waals surface area contributed by atoms with Crippen molar-refractivity contribution < 1.29 is 0 Å². The first-order valence-electron chi connectivity index (χ1n) is 16.2. The summed E-state index contributed by atoms with van der Waals surface area (Å²) in [6.45, 7) is 22.5. The molecule has 0 amide bonds. The molecule has 7 heteroatoms. The normalized spacial score (nSPS) is 21.3. The van der Waals surface area contributed by atoms with Gasteiger partial charge in [-0.1, -0.05) is 46.4 Å². The van der Waals surface area contributed by atoms with Gasteiger partial charge in [-0.15, -0.1) is 0 Å². The van der Waals surface area contributed by atoms with E-state index in [1.54, 1.807) is 0 Å². The van der Waals surface area contributed by atoms with Crippen LogP contribution < -0.4 is 20.4 Å². The van der Waals surface area contributed by atoms with Gasteiger partial charge in [0.05, 0.1) is 12.2 Å². The predicted octanol–water partition coefficient (Wildman–Crippen LogP) is 7.34. The van der Waals surface area contributed by atoms with Crippen LogP contribution in [0.3, 0.4) is 0 Å². The standard InChI is InChI=1S/C35H53N7/c1-10-15-35(22-34(23-35)16-18-40(8)19-17-34)39-25(6)28-13-14-29(27(11-2)20-28)37-33-36-21-31-32(38-33)42(24(4)5)30(12-3)26(7)41(31)9/h13-14,20-21,24,30,39H,6-7,10-12,15-19,22-23H2,1-5,8-9H3,(H,36,37,38). The number of piperidine rings is 1. The molecule has 5 rings (SSSR count). The summed E-state index contributed by atoms with van der Waals surface area (Å²) in [5.74, 6) is 1.58. The lowest BCUT2D eigenvalue weighted by atomic mass is 9.52. The zero-order valence-corrected chi connectivity index (χ0v) is 27.2. The van der Waals surface area contributed by atoms with E-state index in [0.29, 0.717) is 17.4 Å². The van der Waals surface area contributed by atoms with Crippen LogP contribution in [-0.4, -0.2) is 59.7 Å². The summed E-state index contributed by atoms with van der Waals surface area (Å²) in [5.41, 5.74) is 7.28. The summed E-state index contributed by atoms with van der Waals surface area (Å²) in [6, 6.07) is 7.15. The van der Waals surface area contributed by atoms with Gasteiger partial charge in [0.15, 0.2) is 5.82 Å². The molecule has 1 aromatic carbocycles. The lowest BCUT2D eigenvalue weighted by molar-refractivity contribution is -0.0404. The lowest BCUT2D eigenvalue weighted by Gasteiger charge is -2.60. The molecule has 2 fully saturated rings. The first kappa shape index (κ1) is 30.4. The van der Waals surface area contributed by atoms with Crippen molar-refractivity contribution in [1.29, 1.82) is 0 Å². The SMILES string of the molecule is C=C(NC1(CCC)CC2(CCN(C)CC2)C1)c1ccc(Nc2ncc3c(n2)N(C(C)C)C(CC)C(=C)N3C)c(CC)c1. The first-order chi connectivity index (χ1) is 20.0. The van der Waals surface area contributed by atoms with Gasteiger partial charge in [-0.25, -0.2) is 4.98 Å². The topological polar surface area (TPSA) is 59.6 Å². The number of aryl methyl sites for hydroxylation is 1. The number of rotatable bonds is 10. The van der Waals surface area contributed by atoms with E-state index in [1.807, 2.05) is 6.20 Å². The molecule has 1 aliphatic carbocycles. The molecular formula is C35H53N7. The third-order valence-corrected chi connectivity index (χ3v) is 10.2. The van der Waals surface area contributed by atoms with E-state index in [1.165, 1.54) is 62.7 Å². The van der Waals surface area contributed by atoms with Crippen LogP contribution >= 0.6 is 0 Å². The van der Waals surface area contributed by atoms with Crippen molar-refractivity contribution in [2.45, 2.75) is 104 Å². The molecule has 1 aromatic heterocycles. The zero-order valence-electron chi connectivity index (χ0n) is 27.2. The van der Waals surface area contributed by atoms with Crippen LogP contribution in [0.5, 0.6) is 0 Å². The number of aromatic nitrogens is 2. The Bertz CT molecular complexity index is 1300. The highest BCUT2D eigenvalue weighted by Gasteiger charge is 2.54. The largest absolute Gasteiger partial charge is 0.380 e. The highest BCUT2D eigenvalue weighted by molar-refractivity contribution is 5.76. The maximum atomic E-state index is 5.05. The third kappa shape index (κ3) is 5.64. The Morgan fingerprint density at radius 2 is 1.83 bits per heavy atom. The van der Waals surface area contributed by atoms with E-state index in [-0.39, 0.29) is 11.6 Å². The third-order valence-electron chi connectivity index (χ3n) is 10.2. The van der Waals surface area contributed by atoms with E-state index < -0.39 is 0 Å². The summed E-state index contributed by atoms with van der Waals surface area (Å²) in [4.78, 5) is 16.8. The molecule has 1 saturated heterocycles. The number of benzene rings is 1. The highest BCUT2D eigenvalue weighted by Crippen LogP contribution is 2.56. The molecule has 1 atom stereocenters. The Morgan fingerprint density at radius 1 is 1.12 bits per heavy atom. The van der Waals surface area contributed by atoms with Gasteiger partial charge >= 0.3 is 0 Å². The second-order valence-electron chi connectivity index (χ2n) is 13.5. The minimum atomic E-state index is 0.180. The van der Waals surface area contributed by atoms with Crippen molar-refractivity contribution in [3.05, 3.63) is 54.4 Å². The van der Waals surface area contributed by atoms with Crippen molar-refractivity contribution >= 4 is 28.8 Å². The molecule has 7 nitrogen and oxygen atoms in total. The number of likely N-dealkylation sites (N-methyl/N-ethyl adjacent to an activating group) is 1. The van der Waals surface area contributed by atoms with Crippen LogP contribution in [-0.2, 0) is 6.42 Å². The monoisotopic (exact) mass is 571 g/mol. The van der Waals surface area contributed by atoms with E-state index in [2.05, 4.69) is 105 Å². The summed E-state index contributed by atoms with van der Waals surface area (Å²) in [7, 11) is 4.32. The first-order valence-corrected chi connectivity index (χ1v) is 16.2. The summed E-state index contributed by atoms with van der Waals surface area (Å²) < 4.78 is 0. The minimum absolute atomic E-state index is 0.180. The average Bonchev–Trinajstić information content (AvgIpc) is 2.95. The maximum Gasteiger partial charge on any atom is 0.229 e. The van der Waals surface area contributed by atoms with Crippen LogP contribution in [0.25, 0.3) is 5.70 Å². The van der Waals surface area contributed by atoms with E-state index >= 15 is 0 Å². The fourth-order valence-electron chi connectivity index (χ4n) is 7.92. The molecule has 3 aliphatic rings. The molecule has 2 aliphatic heterocycles. The predicted molar refractivity (Wildman–Crippen MR) is 179 cm³/mol. The van der Waals surface area contributed by atoms with Gasteiger partial charge < -0.3 is 25.3 Å². The molecule has 2 aromatic rings. The van der Waals surface area contributed by atoms with Gasteiger partial charge in [0, 0.05) is 35.7 Å². The number of hydrogen-bond acceptors (Lipinski definition) is 7. The van der Waals surface area contributed by atoms with E-state index in [9.17, 15) is 0 Å². The molecule has 42 heavy (non-hydrogen) atoms. The Labute approximate surface area is 254 Å².